The fraction of sp³-hybridized carbons (Fsp3) is 0.0164. The lowest BCUT2D eigenvalue weighted by Crippen LogP contribution is -2.33. The van der Waals surface area contributed by atoms with Crippen LogP contribution in [-0.4, -0.2) is 20.8 Å². The fourth-order valence-electron chi connectivity index (χ4n) is 10.8. The van der Waals surface area contributed by atoms with Gasteiger partial charge in [-0.1, -0.05) is 127 Å². The van der Waals surface area contributed by atoms with Crippen LogP contribution >= 0.6 is 0 Å². The van der Waals surface area contributed by atoms with Gasteiger partial charge in [0.25, 0.3) is 0 Å². The molecule has 0 bridgehead atoms. The minimum Gasteiger partial charge on any atom is -0.456 e. The second-order valence-corrected chi connectivity index (χ2v) is 17.8. The minimum absolute atomic E-state index is 0.480. The van der Waals surface area contributed by atoms with Crippen LogP contribution in [0.4, 0.5) is 0 Å². The average molecular weight is 872 g/mol. The molecule has 7 nitrogen and oxygen atoms in total. The number of rotatable bonds is 5. The molecule has 1 N–H and O–H groups in total. The Balaban J connectivity index is 0.981. The number of hydrogen-bond donors (Lipinski definition) is 1. The SMILES string of the molecule is c1ccc(-n2c3ccccc3c3cc(C4N=C(c5cc(-n6c7ccccc7c7cc8ccccc8cc76)c6oc7ccccc7c6c5)N=C(c5ccc6c(c5)oc5ccccc56)N4)ccc32)cc1. The zero-order valence-electron chi connectivity index (χ0n) is 36.4. The van der Waals surface area contributed by atoms with E-state index in [4.69, 9.17) is 18.8 Å². The third-order valence-electron chi connectivity index (χ3n) is 13.9. The highest BCUT2D eigenvalue weighted by atomic mass is 16.3. The Labute approximate surface area is 388 Å². The van der Waals surface area contributed by atoms with E-state index in [-0.39, 0.29) is 0 Å². The van der Waals surface area contributed by atoms with E-state index in [1.807, 2.05) is 24.3 Å². The summed E-state index contributed by atoms with van der Waals surface area (Å²) >= 11 is 0. The lowest BCUT2D eigenvalue weighted by Gasteiger charge is -2.24. The van der Waals surface area contributed by atoms with E-state index in [1.165, 1.54) is 26.9 Å². The molecule has 4 aromatic heterocycles. The minimum atomic E-state index is -0.480. The number of benzene rings is 10. The molecule has 1 aliphatic rings. The quantitative estimate of drug-likeness (QED) is 0.187. The molecule has 0 radical (unpaired) electrons. The standard InChI is InChI=1S/C61H37N5O2/c1-2-16-41(17-3-1)65-50-22-10-6-18-42(50)47-31-38(27-29-52(47)65)59-62-60(39-26-28-46-44-20-8-12-24-55(44)67-57(46)35-39)64-61(63-59)40-32-49-45-21-9-13-25-56(45)68-58(49)54(34-40)66-51-23-11-7-19-43(51)48-30-36-14-4-5-15-37(36)33-53(48)66/h1-35,59H,(H,62,63,64). The van der Waals surface area contributed by atoms with Gasteiger partial charge in [-0.3, -0.25) is 0 Å². The van der Waals surface area contributed by atoms with Gasteiger partial charge in [-0.25, -0.2) is 9.98 Å². The van der Waals surface area contributed by atoms with Gasteiger partial charge in [0.05, 0.1) is 27.8 Å². The normalized spacial score (nSPS) is 14.3. The summed E-state index contributed by atoms with van der Waals surface area (Å²) in [6.45, 7) is 0. The van der Waals surface area contributed by atoms with Crippen LogP contribution in [0.5, 0.6) is 0 Å². The predicted octanol–water partition coefficient (Wildman–Crippen LogP) is 15.3. The van der Waals surface area contributed by atoms with E-state index in [0.29, 0.717) is 11.7 Å². The molecule has 1 atom stereocenters. The van der Waals surface area contributed by atoms with Crippen molar-refractivity contribution >= 4 is 110 Å². The first-order chi connectivity index (χ1) is 33.7. The van der Waals surface area contributed by atoms with Gasteiger partial charge in [0, 0.05) is 59.9 Å². The van der Waals surface area contributed by atoms with Crippen molar-refractivity contribution in [1.29, 1.82) is 0 Å². The van der Waals surface area contributed by atoms with E-state index in [1.54, 1.807) is 0 Å². The highest BCUT2D eigenvalue weighted by molar-refractivity contribution is 6.20. The van der Waals surface area contributed by atoms with Crippen LogP contribution < -0.4 is 5.32 Å². The zero-order valence-corrected chi connectivity index (χ0v) is 36.4. The van der Waals surface area contributed by atoms with Crippen molar-refractivity contribution in [3.05, 3.63) is 229 Å². The van der Waals surface area contributed by atoms with Gasteiger partial charge in [0.2, 0.25) is 0 Å². The van der Waals surface area contributed by atoms with Gasteiger partial charge in [0.1, 0.15) is 28.8 Å². The average Bonchev–Trinajstić information content (AvgIpc) is 4.15. The Kier molecular flexibility index (Phi) is 7.71. The third kappa shape index (κ3) is 5.47. The maximum Gasteiger partial charge on any atom is 0.159 e. The number of hydrogen-bond acceptors (Lipinski definition) is 5. The number of fused-ring (bicyclic) bond motifs is 13. The van der Waals surface area contributed by atoms with E-state index < -0.39 is 6.17 Å². The molecule has 0 spiro atoms. The number of aliphatic imine (C=N–C) groups is 2. The summed E-state index contributed by atoms with van der Waals surface area (Å²) in [5.41, 5.74) is 12.6. The molecule has 7 heteroatoms. The summed E-state index contributed by atoms with van der Waals surface area (Å²) in [4.78, 5) is 11.0. The molecule has 14 aromatic rings. The van der Waals surface area contributed by atoms with Crippen LogP contribution in [0.15, 0.2) is 231 Å². The number of nitrogens with one attached hydrogen (secondary N) is 1. The van der Waals surface area contributed by atoms with Gasteiger partial charge in [0.15, 0.2) is 11.4 Å². The van der Waals surface area contributed by atoms with Gasteiger partial charge < -0.3 is 23.3 Å². The maximum absolute atomic E-state index is 6.87. The lowest BCUT2D eigenvalue weighted by atomic mass is 10.0. The van der Waals surface area contributed by atoms with Gasteiger partial charge in [-0.15, -0.1) is 0 Å². The summed E-state index contributed by atoms with van der Waals surface area (Å²) in [6, 6.07) is 75.0. The van der Waals surface area contributed by atoms with Crippen molar-refractivity contribution in [2.75, 3.05) is 0 Å². The molecule has 318 valence electrons. The third-order valence-corrected chi connectivity index (χ3v) is 13.9. The first-order valence-electron chi connectivity index (χ1n) is 23.0. The van der Waals surface area contributed by atoms with Crippen LogP contribution in [0.3, 0.4) is 0 Å². The van der Waals surface area contributed by atoms with Crippen molar-refractivity contribution < 1.29 is 8.83 Å². The van der Waals surface area contributed by atoms with E-state index in [9.17, 15) is 0 Å². The smallest absolute Gasteiger partial charge is 0.159 e. The van der Waals surface area contributed by atoms with Gasteiger partial charge >= 0.3 is 0 Å². The Morgan fingerprint density at radius 3 is 1.81 bits per heavy atom. The van der Waals surface area contributed by atoms with E-state index in [0.717, 1.165) is 99.4 Å². The number of amidine groups is 2. The summed E-state index contributed by atoms with van der Waals surface area (Å²) in [6.07, 6.45) is -0.480. The maximum atomic E-state index is 6.87. The van der Waals surface area contributed by atoms with Crippen LogP contribution in [0.25, 0.3) is 110 Å². The van der Waals surface area contributed by atoms with Crippen LogP contribution in [0.2, 0.25) is 0 Å². The second-order valence-electron chi connectivity index (χ2n) is 17.8. The Bertz CT molecular complexity index is 4490. The second kappa shape index (κ2) is 14.1. The lowest BCUT2D eigenvalue weighted by molar-refractivity contribution is 0.665. The van der Waals surface area contributed by atoms with Gasteiger partial charge in [-0.05, 0) is 101 Å². The molecule has 0 fully saturated rings. The Morgan fingerprint density at radius 2 is 1.01 bits per heavy atom. The Morgan fingerprint density at radius 1 is 0.397 bits per heavy atom. The van der Waals surface area contributed by atoms with Crippen LogP contribution in [0, 0.1) is 0 Å². The largest absolute Gasteiger partial charge is 0.456 e. The molecular formula is C61H37N5O2. The molecule has 5 heterocycles. The molecule has 1 aliphatic heterocycles. The summed E-state index contributed by atoms with van der Waals surface area (Å²) in [5, 5.41) is 15.0. The van der Waals surface area contributed by atoms with E-state index in [2.05, 4.69) is 203 Å². The first-order valence-corrected chi connectivity index (χ1v) is 23.0. The fourth-order valence-corrected chi connectivity index (χ4v) is 10.8. The Hall–Kier alpha value is -9.20. The van der Waals surface area contributed by atoms with Crippen molar-refractivity contribution in [1.82, 2.24) is 14.5 Å². The number of para-hydroxylation sites is 5. The van der Waals surface area contributed by atoms with Crippen molar-refractivity contribution in [3.8, 4) is 11.4 Å². The van der Waals surface area contributed by atoms with Crippen molar-refractivity contribution in [3.63, 3.8) is 0 Å². The van der Waals surface area contributed by atoms with Crippen molar-refractivity contribution in [2.45, 2.75) is 6.17 Å². The first kappa shape index (κ1) is 37.1. The number of nitrogens with zero attached hydrogens (tertiary/aromatic N) is 4. The monoisotopic (exact) mass is 871 g/mol. The molecule has 0 amide bonds. The molecule has 1 unspecified atom stereocenters. The molecule has 0 aliphatic carbocycles. The zero-order chi connectivity index (χ0) is 44.5. The van der Waals surface area contributed by atoms with Gasteiger partial charge in [-0.2, -0.15) is 0 Å². The molecular weight excluding hydrogens is 835 g/mol. The van der Waals surface area contributed by atoms with E-state index >= 15 is 0 Å². The van der Waals surface area contributed by atoms with Crippen LogP contribution in [-0.2, 0) is 0 Å². The molecule has 10 aromatic carbocycles. The number of furan rings is 2. The highest BCUT2D eigenvalue weighted by Gasteiger charge is 2.26. The van der Waals surface area contributed by atoms with Crippen LogP contribution in [0.1, 0.15) is 22.9 Å². The molecule has 0 saturated carbocycles. The predicted molar refractivity (Wildman–Crippen MR) is 279 cm³/mol. The molecule has 68 heavy (non-hydrogen) atoms. The molecule has 15 rings (SSSR count). The molecule has 0 saturated heterocycles. The topological polar surface area (TPSA) is 72.9 Å². The highest BCUT2D eigenvalue weighted by Crippen LogP contribution is 2.41. The summed E-state index contributed by atoms with van der Waals surface area (Å²) in [7, 11) is 0. The van der Waals surface area contributed by atoms with Crippen molar-refractivity contribution in [2.24, 2.45) is 9.98 Å². The summed E-state index contributed by atoms with van der Waals surface area (Å²) < 4.78 is 18.0. The summed E-state index contributed by atoms with van der Waals surface area (Å²) in [5.74, 6) is 1.32. The number of aromatic nitrogens is 2.